The van der Waals surface area contributed by atoms with Gasteiger partial charge in [0.15, 0.2) is 0 Å². The minimum absolute atomic E-state index is 0.364. The molecule has 0 unspecified atom stereocenters. The van der Waals surface area contributed by atoms with Gasteiger partial charge in [-0.15, -0.1) is 0 Å². The van der Waals surface area contributed by atoms with Crippen LogP contribution in [0.5, 0.6) is 0 Å². The van der Waals surface area contributed by atoms with Gasteiger partial charge < -0.3 is 17.7 Å². The Kier molecular flexibility index (Phi) is 20.6. The normalized spacial score (nSPS) is 13.5. The molecule has 0 rings (SSSR count). The standard InChI is InChI=1S/C29H60O4Si2/c1-9-15-21-27-34(30-23-17-11-3,31-24-18-12-4)29(7,8)35(28-22-16-10-2,32-25-19-13-5)33-26-20-14-6/h21-22,27-28H,9-20,23-26H2,1-8H3. The Balaban J connectivity index is 6.75. The van der Waals surface area contributed by atoms with Crippen LogP contribution in [0.15, 0.2) is 23.6 Å². The zero-order chi connectivity index (χ0) is 26.5. The molecule has 0 bridgehead atoms. The summed E-state index contributed by atoms with van der Waals surface area (Å²) in [6.45, 7) is 20.9. The fourth-order valence-electron chi connectivity index (χ4n) is 3.94. The Morgan fingerprint density at radius 2 is 0.771 bits per heavy atom. The van der Waals surface area contributed by atoms with Gasteiger partial charge in [0.25, 0.3) is 0 Å². The number of rotatable bonds is 24. The van der Waals surface area contributed by atoms with E-state index in [2.05, 4.69) is 78.9 Å². The van der Waals surface area contributed by atoms with Crippen LogP contribution in [0, 0.1) is 0 Å². The van der Waals surface area contributed by atoms with Crippen LogP contribution in [0.1, 0.15) is 132 Å². The predicted molar refractivity (Wildman–Crippen MR) is 157 cm³/mol. The molecule has 35 heavy (non-hydrogen) atoms. The number of allylic oxidation sites excluding steroid dienone is 2. The SMILES string of the molecule is CCCC=C[Si](OCCCC)(OCCCC)C(C)(C)[Si](C=CCCC)(OCCCC)OCCCC. The molecule has 0 amide bonds. The van der Waals surface area contributed by atoms with Crippen molar-refractivity contribution in [2.24, 2.45) is 0 Å². The zero-order valence-electron chi connectivity index (χ0n) is 24.8. The summed E-state index contributed by atoms with van der Waals surface area (Å²) in [6, 6.07) is 0. The van der Waals surface area contributed by atoms with Crippen molar-refractivity contribution < 1.29 is 17.7 Å². The summed E-state index contributed by atoms with van der Waals surface area (Å²) in [4.78, 5) is 0. The van der Waals surface area contributed by atoms with Crippen LogP contribution in [-0.4, -0.2) is 43.5 Å². The van der Waals surface area contributed by atoms with E-state index in [1.807, 2.05) is 0 Å². The third kappa shape index (κ3) is 11.8. The van der Waals surface area contributed by atoms with Crippen LogP contribution in [-0.2, 0) is 17.7 Å². The second-order valence-corrected chi connectivity index (χ2v) is 17.6. The van der Waals surface area contributed by atoms with E-state index >= 15 is 0 Å². The smallest absolute Gasteiger partial charge is 0.372 e. The van der Waals surface area contributed by atoms with Crippen molar-refractivity contribution in [3.63, 3.8) is 0 Å². The van der Waals surface area contributed by atoms with Crippen molar-refractivity contribution in [1.82, 2.24) is 0 Å². The lowest BCUT2D eigenvalue weighted by Gasteiger charge is -2.49. The molecular weight excluding hydrogens is 468 g/mol. The molecule has 4 nitrogen and oxygen atoms in total. The van der Waals surface area contributed by atoms with Gasteiger partial charge in [-0.1, -0.05) is 106 Å². The minimum atomic E-state index is -2.87. The van der Waals surface area contributed by atoms with Crippen LogP contribution >= 0.6 is 0 Å². The first-order valence-electron chi connectivity index (χ1n) is 14.8. The minimum Gasteiger partial charge on any atom is -0.391 e. The zero-order valence-corrected chi connectivity index (χ0v) is 26.8. The third-order valence-corrected chi connectivity index (χ3v) is 16.0. The molecule has 0 aliphatic carbocycles. The van der Waals surface area contributed by atoms with E-state index in [4.69, 9.17) is 17.7 Å². The second-order valence-electron chi connectivity index (χ2n) is 10.2. The molecule has 0 aliphatic rings. The van der Waals surface area contributed by atoms with Crippen LogP contribution in [0.25, 0.3) is 0 Å². The van der Waals surface area contributed by atoms with Gasteiger partial charge in [-0.25, -0.2) is 0 Å². The third-order valence-electron chi connectivity index (χ3n) is 6.59. The lowest BCUT2D eigenvalue weighted by molar-refractivity contribution is 0.127. The molecule has 0 atom stereocenters. The Bertz CT molecular complexity index is 483. The first-order chi connectivity index (χ1) is 16.9. The molecule has 0 saturated carbocycles. The highest BCUT2D eigenvalue weighted by molar-refractivity contribution is 6.95. The van der Waals surface area contributed by atoms with E-state index < -0.39 is 17.1 Å². The summed E-state index contributed by atoms with van der Waals surface area (Å²) in [6.07, 6.45) is 17.5. The largest absolute Gasteiger partial charge is 0.391 e. The van der Waals surface area contributed by atoms with Crippen molar-refractivity contribution in [2.75, 3.05) is 26.4 Å². The number of unbranched alkanes of at least 4 members (excludes halogenated alkanes) is 6. The summed E-state index contributed by atoms with van der Waals surface area (Å²) >= 11 is 0. The van der Waals surface area contributed by atoms with Gasteiger partial charge in [-0.3, -0.25) is 0 Å². The molecule has 6 heteroatoms. The summed E-state index contributed by atoms with van der Waals surface area (Å²) in [7, 11) is -5.74. The van der Waals surface area contributed by atoms with E-state index in [1.54, 1.807) is 0 Å². The van der Waals surface area contributed by atoms with Crippen molar-refractivity contribution in [1.29, 1.82) is 0 Å². The molecule has 0 aromatic rings. The summed E-state index contributed by atoms with van der Waals surface area (Å²) in [5.74, 6) is 0. The Morgan fingerprint density at radius 3 is 1.00 bits per heavy atom. The van der Waals surface area contributed by atoms with Crippen molar-refractivity contribution >= 4 is 17.1 Å². The summed E-state index contributed by atoms with van der Waals surface area (Å²) in [5.41, 5.74) is 4.67. The van der Waals surface area contributed by atoms with Gasteiger partial charge in [-0.2, -0.15) is 0 Å². The molecule has 0 aromatic carbocycles. The van der Waals surface area contributed by atoms with Gasteiger partial charge in [0.05, 0.1) is 4.66 Å². The highest BCUT2D eigenvalue weighted by atomic mass is 28.4. The average Bonchev–Trinajstić information content (AvgIpc) is 2.84. The van der Waals surface area contributed by atoms with Crippen molar-refractivity contribution in [3.8, 4) is 0 Å². The maximum absolute atomic E-state index is 6.92. The molecular formula is C29H60O4Si2. The van der Waals surface area contributed by atoms with E-state index in [9.17, 15) is 0 Å². The van der Waals surface area contributed by atoms with Gasteiger partial charge in [-0.05, 0) is 49.9 Å². The molecule has 0 radical (unpaired) electrons. The fraction of sp³-hybridized carbons (Fsp3) is 0.862. The number of hydrogen-bond acceptors (Lipinski definition) is 4. The predicted octanol–water partition coefficient (Wildman–Crippen LogP) is 9.25. The van der Waals surface area contributed by atoms with Crippen LogP contribution in [0.4, 0.5) is 0 Å². The van der Waals surface area contributed by atoms with Crippen molar-refractivity contribution in [2.45, 2.75) is 137 Å². The Hall–Kier alpha value is -0.246. The highest BCUT2D eigenvalue weighted by Gasteiger charge is 2.65. The van der Waals surface area contributed by atoms with E-state index in [0.717, 1.165) is 103 Å². The molecule has 0 N–H and O–H groups in total. The molecule has 0 heterocycles. The van der Waals surface area contributed by atoms with Crippen LogP contribution < -0.4 is 0 Å². The molecule has 0 aromatic heterocycles. The van der Waals surface area contributed by atoms with E-state index in [0.29, 0.717) is 0 Å². The molecule has 0 spiro atoms. The van der Waals surface area contributed by atoms with Crippen LogP contribution in [0.2, 0.25) is 4.66 Å². The Morgan fingerprint density at radius 1 is 0.486 bits per heavy atom. The number of hydrogen-bond donors (Lipinski definition) is 0. The maximum Gasteiger partial charge on any atom is 0.372 e. The fourth-order valence-corrected chi connectivity index (χ4v) is 12.8. The van der Waals surface area contributed by atoms with Gasteiger partial charge in [0.2, 0.25) is 0 Å². The quantitative estimate of drug-likeness (QED) is 0.0924. The highest BCUT2D eigenvalue weighted by Crippen LogP contribution is 2.50. The van der Waals surface area contributed by atoms with Crippen molar-refractivity contribution in [3.05, 3.63) is 23.6 Å². The topological polar surface area (TPSA) is 36.9 Å². The van der Waals surface area contributed by atoms with Gasteiger partial charge >= 0.3 is 17.1 Å². The molecule has 208 valence electrons. The van der Waals surface area contributed by atoms with Crippen LogP contribution in [0.3, 0.4) is 0 Å². The van der Waals surface area contributed by atoms with Gasteiger partial charge in [0, 0.05) is 26.4 Å². The molecule has 0 fully saturated rings. The second kappa shape index (κ2) is 20.8. The Labute approximate surface area is 221 Å². The monoisotopic (exact) mass is 528 g/mol. The maximum atomic E-state index is 6.92. The summed E-state index contributed by atoms with van der Waals surface area (Å²) in [5, 5.41) is 0. The average molecular weight is 529 g/mol. The van der Waals surface area contributed by atoms with E-state index in [1.165, 1.54) is 0 Å². The first kappa shape index (κ1) is 34.8. The molecule has 0 aliphatic heterocycles. The molecule has 0 saturated heterocycles. The van der Waals surface area contributed by atoms with Gasteiger partial charge in [0.1, 0.15) is 0 Å². The summed E-state index contributed by atoms with van der Waals surface area (Å²) < 4.78 is 27.3. The lowest BCUT2D eigenvalue weighted by Crippen LogP contribution is -2.65. The first-order valence-corrected chi connectivity index (χ1v) is 18.6. The van der Waals surface area contributed by atoms with E-state index in [-0.39, 0.29) is 4.66 Å². The lowest BCUT2D eigenvalue weighted by atomic mass is 10.3.